The SMILES string of the molecule is CCc1ccc(S(=O)(=O)NC(C)COC)cc1CO. The molecule has 0 aliphatic rings. The van der Waals surface area contributed by atoms with Gasteiger partial charge in [-0.05, 0) is 36.6 Å². The Balaban J connectivity index is 3.01. The molecule has 0 bridgehead atoms. The van der Waals surface area contributed by atoms with Crippen LogP contribution in [-0.4, -0.2) is 33.3 Å². The van der Waals surface area contributed by atoms with E-state index in [1.165, 1.54) is 13.2 Å². The summed E-state index contributed by atoms with van der Waals surface area (Å²) in [6, 6.07) is 4.50. The van der Waals surface area contributed by atoms with Crippen LogP contribution in [0.3, 0.4) is 0 Å². The van der Waals surface area contributed by atoms with Gasteiger partial charge in [-0.25, -0.2) is 13.1 Å². The van der Waals surface area contributed by atoms with E-state index in [0.29, 0.717) is 12.2 Å². The summed E-state index contributed by atoms with van der Waals surface area (Å²) in [6.07, 6.45) is 0.754. The van der Waals surface area contributed by atoms with Crippen molar-refractivity contribution in [1.29, 1.82) is 0 Å². The lowest BCUT2D eigenvalue weighted by Gasteiger charge is -2.14. The second kappa shape index (κ2) is 7.00. The van der Waals surface area contributed by atoms with Gasteiger partial charge in [0.15, 0.2) is 0 Å². The minimum atomic E-state index is -3.58. The summed E-state index contributed by atoms with van der Waals surface area (Å²) in [4.78, 5) is 0.164. The van der Waals surface area contributed by atoms with Crippen LogP contribution in [0.5, 0.6) is 0 Å². The summed E-state index contributed by atoms with van der Waals surface area (Å²) in [6.45, 7) is 3.83. The number of methoxy groups -OCH3 is 1. The van der Waals surface area contributed by atoms with Crippen molar-refractivity contribution in [2.45, 2.75) is 37.8 Å². The Morgan fingerprint density at radius 1 is 1.37 bits per heavy atom. The van der Waals surface area contributed by atoms with Crippen LogP contribution < -0.4 is 4.72 Å². The van der Waals surface area contributed by atoms with E-state index < -0.39 is 10.0 Å². The lowest BCUT2D eigenvalue weighted by atomic mass is 10.1. The Kier molecular flexibility index (Phi) is 5.93. The summed E-state index contributed by atoms with van der Waals surface area (Å²) in [7, 11) is -2.06. The van der Waals surface area contributed by atoms with Crippen molar-refractivity contribution < 1.29 is 18.3 Å². The topological polar surface area (TPSA) is 75.6 Å². The molecule has 1 rings (SSSR count). The zero-order chi connectivity index (χ0) is 14.5. The number of aryl methyl sites for hydroxylation is 1. The predicted molar refractivity (Wildman–Crippen MR) is 73.4 cm³/mol. The van der Waals surface area contributed by atoms with Crippen molar-refractivity contribution in [2.75, 3.05) is 13.7 Å². The molecule has 0 radical (unpaired) electrons. The first-order chi connectivity index (χ1) is 8.94. The number of hydrogen-bond acceptors (Lipinski definition) is 4. The first kappa shape index (κ1) is 16.1. The molecule has 0 aromatic heterocycles. The largest absolute Gasteiger partial charge is 0.392 e. The van der Waals surface area contributed by atoms with Crippen molar-refractivity contribution >= 4 is 10.0 Å². The van der Waals surface area contributed by atoms with E-state index in [1.807, 2.05) is 6.92 Å². The van der Waals surface area contributed by atoms with Gasteiger partial charge in [0.25, 0.3) is 0 Å². The summed E-state index contributed by atoms with van der Waals surface area (Å²) >= 11 is 0. The minimum Gasteiger partial charge on any atom is -0.392 e. The standard InChI is InChI=1S/C13H21NO4S/c1-4-11-5-6-13(7-12(11)8-15)19(16,17)14-10(2)9-18-3/h5-7,10,14-15H,4,8-9H2,1-3H3. The van der Waals surface area contributed by atoms with E-state index >= 15 is 0 Å². The summed E-state index contributed by atoms with van der Waals surface area (Å²) in [5.74, 6) is 0. The Hall–Kier alpha value is -0.950. The highest BCUT2D eigenvalue weighted by molar-refractivity contribution is 7.89. The van der Waals surface area contributed by atoms with Gasteiger partial charge in [0.2, 0.25) is 10.0 Å². The van der Waals surface area contributed by atoms with Crippen LogP contribution in [0.4, 0.5) is 0 Å². The van der Waals surface area contributed by atoms with Crippen LogP contribution in [0, 0.1) is 0 Å². The smallest absolute Gasteiger partial charge is 0.240 e. The molecule has 1 aromatic carbocycles. The normalized spacial score (nSPS) is 13.5. The van der Waals surface area contributed by atoms with E-state index in [2.05, 4.69) is 4.72 Å². The highest BCUT2D eigenvalue weighted by Gasteiger charge is 2.18. The first-order valence-corrected chi connectivity index (χ1v) is 7.66. The van der Waals surface area contributed by atoms with Crippen LogP contribution in [0.1, 0.15) is 25.0 Å². The van der Waals surface area contributed by atoms with E-state index in [4.69, 9.17) is 4.74 Å². The average molecular weight is 287 g/mol. The van der Waals surface area contributed by atoms with Crippen molar-refractivity contribution in [3.63, 3.8) is 0 Å². The summed E-state index contributed by atoms with van der Waals surface area (Å²) in [5, 5.41) is 9.27. The molecule has 5 nitrogen and oxygen atoms in total. The molecule has 6 heteroatoms. The minimum absolute atomic E-state index is 0.164. The molecule has 1 atom stereocenters. The van der Waals surface area contributed by atoms with E-state index in [0.717, 1.165) is 12.0 Å². The van der Waals surface area contributed by atoms with Gasteiger partial charge >= 0.3 is 0 Å². The number of sulfonamides is 1. The van der Waals surface area contributed by atoms with Crippen molar-refractivity contribution in [3.05, 3.63) is 29.3 Å². The second-order valence-electron chi connectivity index (χ2n) is 4.42. The molecule has 0 fully saturated rings. The lowest BCUT2D eigenvalue weighted by molar-refractivity contribution is 0.180. The van der Waals surface area contributed by atoms with Gasteiger partial charge in [0.05, 0.1) is 18.1 Å². The second-order valence-corrected chi connectivity index (χ2v) is 6.13. The fourth-order valence-electron chi connectivity index (χ4n) is 1.88. The molecular weight excluding hydrogens is 266 g/mol. The number of nitrogens with one attached hydrogen (secondary N) is 1. The molecule has 0 saturated heterocycles. The zero-order valence-corrected chi connectivity index (χ0v) is 12.3. The van der Waals surface area contributed by atoms with Crippen LogP contribution in [0.15, 0.2) is 23.1 Å². The molecule has 0 heterocycles. The Labute approximate surface area is 114 Å². The third kappa shape index (κ3) is 4.28. The Bertz CT molecular complexity index is 513. The Morgan fingerprint density at radius 3 is 2.58 bits per heavy atom. The number of benzene rings is 1. The van der Waals surface area contributed by atoms with E-state index in [9.17, 15) is 13.5 Å². The number of hydrogen-bond donors (Lipinski definition) is 2. The molecule has 0 aliphatic heterocycles. The van der Waals surface area contributed by atoms with Crippen LogP contribution >= 0.6 is 0 Å². The Morgan fingerprint density at radius 2 is 2.05 bits per heavy atom. The molecule has 0 aliphatic carbocycles. The quantitative estimate of drug-likeness (QED) is 0.786. The van der Waals surface area contributed by atoms with Gasteiger partial charge in [-0.2, -0.15) is 0 Å². The molecule has 0 amide bonds. The van der Waals surface area contributed by atoms with Crippen molar-refractivity contribution in [2.24, 2.45) is 0 Å². The highest BCUT2D eigenvalue weighted by Crippen LogP contribution is 2.17. The third-order valence-electron chi connectivity index (χ3n) is 2.81. The predicted octanol–water partition coefficient (Wildman–Crippen LogP) is 1.05. The molecule has 1 aromatic rings. The molecular formula is C13H21NO4S. The molecule has 0 spiro atoms. The highest BCUT2D eigenvalue weighted by atomic mass is 32.2. The fraction of sp³-hybridized carbons (Fsp3) is 0.538. The number of aliphatic hydroxyl groups excluding tert-OH is 1. The van der Waals surface area contributed by atoms with E-state index in [-0.39, 0.29) is 17.5 Å². The van der Waals surface area contributed by atoms with Gasteiger partial charge < -0.3 is 9.84 Å². The van der Waals surface area contributed by atoms with Crippen LogP contribution in [-0.2, 0) is 27.8 Å². The summed E-state index contributed by atoms with van der Waals surface area (Å²) in [5.41, 5.74) is 1.59. The number of aliphatic hydroxyl groups is 1. The van der Waals surface area contributed by atoms with Gasteiger partial charge in [-0.1, -0.05) is 13.0 Å². The third-order valence-corrected chi connectivity index (χ3v) is 4.40. The molecule has 108 valence electrons. The van der Waals surface area contributed by atoms with Crippen LogP contribution in [0.2, 0.25) is 0 Å². The van der Waals surface area contributed by atoms with Crippen molar-refractivity contribution in [3.8, 4) is 0 Å². The fourth-order valence-corrected chi connectivity index (χ4v) is 3.16. The van der Waals surface area contributed by atoms with Crippen molar-refractivity contribution in [1.82, 2.24) is 4.72 Å². The van der Waals surface area contributed by atoms with Gasteiger partial charge in [-0.15, -0.1) is 0 Å². The number of rotatable bonds is 7. The van der Waals surface area contributed by atoms with Gasteiger partial charge in [-0.3, -0.25) is 0 Å². The maximum Gasteiger partial charge on any atom is 0.240 e. The monoisotopic (exact) mass is 287 g/mol. The zero-order valence-electron chi connectivity index (χ0n) is 11.5. The van der Waals surface area contributed by atoms with Gasteiger partial charge in [0, 0.05) is 13.2 Å². The van der Waals surface area contributed by atoms with E-state index in [1.54, 1.807) is 19.1 Å². The maximum atomic E-state index is 12.1. The molecule has 1 unspecified atom stereocenters. The maximum absolute atomic E-state index is 12.1. The van der Waals surface area contributed by atoms with Crippen LogP contribution in [0.25, 0.3) is 0 Å². The van der Waals surface area contributed by atoms with Gasteiger partial charge in [0.1, 0.15) is 0 Å². The lowest BCUT2D eigenvalue weighted by Crippen LogP contribution is -2.35. The molecule has 0 saturated carbocycles. The summed E-state index contributed by atoms with van der Waals surface area (Å²) < 4.78 is 31.7. The number of ether oxygens (including phenoxy) is 1. The molecule has 19 heavy (non-hydrogen) atoms. The first-order valence-electron chi connectivity index (χ1n) is 6.18. The molecule has 2 N–H and O–H groups in total. The average Bonchev–Trinajstić information content (AvgIpc) is 2.37.